The Morgan fingerprint density at radius 3 is 1.35 bits per heavy atom. The fourth-order valence-electron chi connectivity index (χ4n) is 5.76. The fourth-order valence-corrected chi connectivity index (χ4v) is 5.76. The number of phenolic OH excluding ortho intramolecular Hbond substituents is 4. The molecule has 55 heavy (non-hydrogen) atoms. The maximum atomic E-state index is 12.3. The van der Waals surface area contributed by atoms with Crippen LogP contribution in [0, 0.1) is 0 Å². The number of para-hydroxylation sites is 1. The maximum absolute atomic E-state index is 12.3. The van der Waals surface area contributed by atoms with E-state index in [-0.39, 0.29) is 39.3 Å². The SMILES string of the molecule is O=c1c(-c2ccc(O)cc2)coc2cc(O)ccc12.O=c1c(-c2ccc(O)cc2)coc2cc(O)ccc12.O=c1cc(-c2ccccc2)oc2ccccc12. The molecule has 10 heteroatoms. The number of aromatic hydroxyl groups is 4. The molecule has 0 unspecified atom stereocenters. The van der Waals surface area contributed by atoms with Gasteiger partial charge in [-0.1, -0.05) is 66.7 Å². The van der Waals surface area contributed by atoms with Crippen LogP contribution in [0.4, 0.5) is 0 Å². The summed E-state index contributed by atoms with van der Waals surface area (Å²) < 4.78 is 16.5. The Labute approximate surface area is 311 Å². The molecule has 0 fully saturated rings. The number of rotatable bonds is 3. The van der Waals surface area contributed by atoms with Crippen molar-refractivity contribution in [3.05, 3.63) is 189 Å². The largest absolute Gasteiger partial charge is 0.508 e. The van der Waals surface area contributed by atoms with Crippen LogP contribution < -0.4 is 16.3 Å². The van der Waals surface area contributed by atoms with Crippen molar-refractivity contribution < 1.29 is 33.7 Å². The Bertz CT molecular complexity index is 2820. The second-order valence-corrected chi connectivity index (χ2v) is 12.2. The number of hydrogen-bond acceptors (Lipinski definition) is 10. The second kappa shape index (κ2) is 15.4. The predicted molar refractivity (Wildman–Crippen MR) is 210 cm³/mol. The van der Waals surface area contributed by atoms with E-state index in [1.807, 2.05) is 48.5 Å². The third-order valence-electron chi connectivity index (χ3n) is 8.57. The summed E-state index contributed by atoms with van der Waals surface area (Å²) in [6.45, 7) is 0. The van der Waals surface area contributed by atoms with Crippen LogP contribution in [-0.2, 0) is 0 Å². The lowest BCUT2D eigenvalue weighted by molar-refractivity contribution is 0.473. The molecule has 9 rings (SSSR count). The molecule has 0 aliphatic rings. The molecular formula is C45H30O10. The zero-order chi connectivity index (χ0) is 38.5. The van der Waals surface area contributed by atoms with E-state index >= 15 is 0 Å². The first kappa shape index (κ1) is 35.5. The van der Waals surface area contributed by atoms with E-state index in [0.29, 0.717) is 60.9 Å². The van der Waals surface area contributed by atoms with Gasteiger partial charge in [-0.05, 0) is 71.8 Å². The third kappa shape index (κ3) is 7.84. The molecule has 0 bridgehead atoms. The summed E-state index contributed by atoms with van der Waals surface area (Å²) in [6.07, 6.45) is 2.72. The fraction of sp³-hybridized carbons (Fsp3) is 0. The summed E-state index contributed by atoms with van der Waals surface area (Å²) in [6, 6.07) is 39.8. The van der Waals surface area contributed by atoms with Crippen molar-refractivity contribution in [3.63, 3.8) is 0 Å². The summed E-state index contributed by atoms with van der Waals surface area (Å²) in [7, 11) is 0. The minimum atomic E-state index is -0.174. The summed E-state index contributed by atoms with van der Waals surface area (Å²) in [5.41, 5.74) is 4.03. The lowest BCUT2D eigenvalue weighted by atomic mass is 10.1. The molecule has 4 N–H and O–H groups in total. The van der Waals surface area contributed by atoms with Crippen LogP contribution in [0.1, 0.15) is 0 Å². The monoisotopic (exact) mass is 730 g/mol. The number of benzene rings is 6. The van der Waals surface area contributed by atoms with Crippen molar-refractivity contribution >= 4 is 32.9 Å². The molecule has 3 heterocycles. The van der Waals surface area contributed by atoms with Gasteiger partial charge in [-0.15, -0.1) is 0 Å². The van der Waals surface area contributed by atoms with Gasteiger partial charge in [-0.3, -0.25) is 14.4 Å². The van der Waals surface area contributed by atoms with Gasteiger partial charge in [0.2, 0.25) is 0 Å². The van der Waals surface area contributed by atoms with Gasteiger partial charge < -0.3 is 33.7 Å². The van der Waals surface area contributed by atoms with Gasteiger partial charge in [0.1, 0.15) is 58.0 Å². The minimum Gasteiger partial charge on any atom is -0.508 e. The molecular weight excluding hydrogens is 700 g/mol. The van der Waals surface area contributed by atoms with Crippen LogP contribution in [0.5, 0.6) is 23.0 Å². The van der Waals surface area contributed by atoms with Crippen molar-refractivity contribution in [1.29, 1.82) is 0 Å². The number of phenols is 4. The standard InChI is InChI=1S/2C15H10O4.C15H10O2/c2*16-10-3-1-9(2-4-10)13-8-19-14-7-11(17)5-6-12(14)15(13)18;16-13-10-15(11-6-2-1-3-7-11)17-14-9-5-4-8-12(13)14/h2*1-8,16-17H;1-10H. The smallest absolute Gasteiger partial charge is 0.200 e. The molecule has 9 aromatic rings. The summed E-state index contributed by atoms with van der Waals surface area (Å²) in [5.74, 6) is 0.980. The van der Waals surface area contributed by atoms with E-state index in [1.54, 1.807) is 30.3 Å². The first-order valence-corrected chi connectivity index (χ1v) is 16.8. The van der Waals surface area contributed by atoms with E-state index in [4.69, 9.17) is 13.3 Å². The highest BCUT2D eigenvalue weighted by molar-refractivity contribution is 5.84. The molecule has 0 atom stereocenters. The Morgan fingerprint density at radius 2 is 0.836 bits per heavy atom. The minimum absolute atomic E-state index is 0.00861. The highest BCUT2D eigenvalue weighted by Gasteiger charge is 2.11. The molecule has 10 nitrogen and oxygen atoms in total. The summed E-state index contributed by atoms with van der Waals surface area (Å²) in [5, 5.41) is 38.6. The molecule has 0 saturated carbocycles. The molecule has 0 saturated heterocycles. The average Bonchev–Trinajstić information content (AvgIpc) is 3.20. The second-order valence-electron chi connectivity index (χ2n) is 12.2. The van der Waals surface area contributed by atoms with Crippen molar-refractivity contribution in [2.45, 2.75) is 0 Å². The molecule has 0 aliphatic heterocycles. The van der Waals surface area contributed by atoms with Gasteiger partial charge >= 0.3 is 0 Å². The maximum Gasteiger partial charge on any atom is 0.200 e. The topological polar surface area (TPSA) is 172 Å². The summed E-state index contributed by atoms with van der Waals surface area (Å²) in [4.78, 5) is 36.6. The van der Waals surface area contributed by atoms with E-state index in [0.717, 1.165) is 5.56 Å². The Balaban J connectivity index is 0.000000127. The van der Waals surface area contributed by atoms with Gasteiger partial charge in [0.15, 0.2) is 16.3 Å². The van der Waals surface area contributed by atoms with E-state index < -0.39 is 0 Å². The van der Waals surface area contributed by atoms with E-state index in [9.17, 15) is 34.8 Å². The summed E-state index contributed by atoms with van der Waals surface area (Å²) >= 11 is 0. The lowest BCUT2D eigenvalue weighted by Crippen LogP contribution is -2.04. The average molecular weight is 731 g/mol. The van der Waals surface area contributed by atoms with Crippen LogP contribution in [-0.4, -0.2) is 20.4 Å². The van der Waals surface area contributed by atoms with Crippen molar-refractivity contribution in [2.75, 3.05) is 0 Å². The van der Waals surface area contributed by atoms with Crippen molar-refractivity contribution in [1.82, 2.24) is 0 Å². The normalized spacial score (nSPS) is 10.7. The Kier molecular flexibility index (Phi) is 9.96. The van der Waals surface area contributed by atoms with Gasteiger partial charge in [-0.25, -0.2) is 0 Å². The molecule has 6 aromatic carbocycles. The first-order chi connectivity index (χ1) is 26.6. The molecule has 0 amide bonds. The van der Waals surface area contributed by atoms with Gasteiger partial charge in [-0.2, -0.15) is 0 Å². The van der Waals surface area contributed by atoms with Crippen LogP contribution >= 0.6 is 0 Å². The van der Waals surface area contributed by atoms with Gasteiger partial charge in [0, 0.05) is 23.8 Å². The number of hydrogen-bond donors (Lipinski definition) is 4. The highest BCUT2D eigenvalue weighted by atomic mass is 16.3. The first-order valence-electron chi connectivity index (χ1n) is 16.8. The molecule has 0 radical (unpaired) electrons. The molecule has 3 aromatic heterocycles. The zero-order valence-electron chi connectivity index (χ0n) is 28.7. The van der Waals surface area contributed by atoms with Crippen LogP contribution in [0.25, 0.3) is 66.5 Å². The van der Waals surface area contributed by atoms with Gasteiger partial charge in [0.25, 0.3) is 0 Å². The predicted octanol–water partition coefficient (Wildman–Crippen LogP) is 9.20. The van der Waals surface area contributed by atoms with Crippen LogP contribution in [0.3, 0.4) is 0 Å². The Hall–Kier alpha value is -7.85. The van der Waals surface area contributed by atoms with E-state index in [1.165, 1.54) is 79.3 Å². The third-order valence-corrected chi connectivity index (χ3v) is 8.57. The number of fused-ring (bicyclic) bond motifs is 3. The van der Waals surface area contributed by atoms with Crippen LogP contribution in [0.15, 0.2) is 186 Å². The zero-order valence-corrected chi connectivity index (χ0v) is 28.7. The van der Waals surface area contributed by atoms with Crippen LogP contribution in [0.2, 0.25) is 0 Å². The Morgan fingerprint density at radius 1 is 0.382 bits per heavy atom. The highest BCUT2D eigenvalue weighted by Crippen LogP contribution is 2.26. The van der Waals surface area contributed by atoms with Crippen molar-refractivity contribution in [2.24, 2.45) is 0 Å². The molecule has 0 aliphatic carbocycles. The van der Waals surface area contributed by atoms with Crippen molar-refractivity contribution in [3.8, 4) is 56.6 Å². The molecule has 0 spiro atoms. The lowest BCUT2D eigenvalue weighted by Gasteiger charge is -2.03. The van der Waals surface area contributed by atoms with Gasteiger partial charge in [0.05, 0.1) is 27.3 Å². The van der Waals surface area contributed by atoms with E-state index in [2.05, 4.69) is 0 Å². The molecule has 270 valence electrons. The quantitative estimate of drug-likeness (QED) is 0.137.